The van der Waals surface area contributed by atoms with E-state index in [0.29, 0.717) is 0 Å². The largest absolute Gasteiger partial charge is 0.469 e. The Bertz CT molecular complexity index is 209. The van der Waals surface area contributed by atoms with Gasteiger partial charge in [0.1, 0.15) is 0 Å². The first-order chi connectivity index (χ1) is 7.17. The second-order valence-corrected chi connectivity index (χ2v) is 4.40. The molecule has 2 unspecified atom stereocenters. The van der Waals surface area contributed by atoms with Crippen LogP contribution in [0.4, 0.5) is 0 Å². The number of carbonyl (C=O) groups excluding carboxylic acids is 1. The maximum Gasteiger partial charge on any atom is 0.309 e. The summed E-state index contributed by atoms with van der Waals surface area (Å²) in [5, 5.41) is 3.20. The van der Waals surface area contributed by atoms with Crippen LogP contribution in [0.1, 0.15) is 13.3 Å². The molecule has 0 aromatic carbocycles. The second-order valence-electron chi connectivity index (χ2n) is 4.40. The molecule has 0 aromatic heterocycles. The zero-order valence-corrected chi connectivity index (χ0v) is 9.95. The number of hydrogen-bond donors (Lipinski definition) is 1. The van der Waals surface area contributed by atoms with Crippen LogP contribution in [0.25, 0.3) is 0 Å². The SMILES string of the molecule is CNCC1CCN(CC(C)C(=O)OC)C1. The number of hydrogen-bond acceptors (Lipinski definition) is 4. The summed E-state index contributed by atoms with van der Waals surface area (Å²) < 4.78 is 4.72. The summed E-state index contributed by atoms with van der Waals surface area (Å²) >= 11 is 0. The predicted molar refractivity (Wildman–Crippen MR) is 59.7 cm³/mol. The standard InChI is InChI=1S/C11H22N2O2/c1-9(11(14)15-3)7-13-5-4-10(8-13)6-12-2/h9-10,12H,4-8H2,1-3H3. The number of methoxy groups -OCH3 is 1. The topological polar surface area (TPSA) is 41.6 Å². The van der Waals surface area contributed by atoms with Gasteiger partial charge in [-0.2, -0.15) is 0 Å². The van der Waals surface area contributed by atoms with Crippen molar-refractivity contribution in [3.05, 3.63) is 0 Å². The van der Waals surface area contributed by atoms with Crippen molar-refractivity contribution in [1.82, 2.24) is 10.2 Å². The van der Waals surface area contributed by atoms with Crippen molar-refractivity contribution in [2.75, 3.05) is 40.3 Å². The third kappa shape index (κ3) is 3.80. The van der Waals surface area contributed by atoms with Gasteiger partial charge in [0.25, 0.3) is 0 Å². The highest BCUT2D eigenvalue weighted by Crippen LogP contribution is 2.16. The minimum atomic E-state index is -0.105. The Labute approximate surface area is 92.0 Å². The minimum Gasteiger partial charge on any atom is -0.469 e. The van der Waals surface area contributed by atoms with Gasteiger partial charge in [0.15, 0.2) is 0 Å². The van der Waals surface area contributed by atoms with E-state index < -0.39 is 0 Å². The van der Waals surface area contributed by atoms with Crippen LogP contribution in [0.5, 0.6) is 0 Å². The number of carbonyl (C=O) groups is 1. The number of esters is 1. The van der Waals surface area contributed by atoms with Crippen molar-refractivity contribution < 1.29 is 9.53 Å². The molecule has 1 aliphatic heterocycles. The lowest BCUT2D eigenvalue weighted by molar-refractivity contribution is -0.145. The van der Waals surface area contributed by atoms with Gasteiger partial charge in [-0.25, -0.2) is 0 Å². The number of likely N-dealkylation sites (tertiary alicyclic amines) is 1. The molecule has 0 spiro atoms. The van der Waals surface area contributed by atoms with Crippen molar-refractivity contribution >= 4 is 5.97 Å². The van der Waals surface area contributed by atoms with E-state index in [4.69, 9.17) is 4.74 Å². The maximum atomic E-state index is 11.2. The fourth-order valence-electron chi connectivity index (χ4n) is 2.20. The first-order valence-electron chi connectivity index (χ1n) is 5.62. The molecular formula is C11H22N2O2. The van der Waals surface area contributed by atoms with E-state index in [-0.39, 0.29) is 11.9 Å². The summed E-state index contributed by atoms with van der Waals surface area (Å²) in [5.74, 6) is 0.621. The van der Waals surface area contributed by atoms with Crippen molar-refractivity contribution in [3.8, 4) is 0 Å². The fourth-order valence-corrected chi connectivity index (χ4v) is 2.20. The van der Waals surface area contributed by atoms with Gasteiger partial charge in [-0.05, 0) is 32.5 Å². The molecule has 0 bridgehead atoms. The summed E-state index contributed by atoms with van der Waals surface area (Å²) in [6, 6.07) is 0. The van der Waals surface area contributed by atoms with Gasteiger partial charge in [0.05, 0.1) is 13.0 Å². The quantitative estimate of drug-likeness (QED) is 0.670. The summed E-state index contributed by atoms with van der Waals surface area (Å²) in [7, 11) is 3.44. The molecule has 4 nitrogen and oxygen atoms in total. The average molecular weight is 214 g/mol. The zero-order chi connectivity index (χ0) is 11.3. The van der Waals surface area contributed by atoms with E-state index in [9.17, 15) is 4.79 Å². The Hall–Kier alpha value is -0.610. The molecule has 0 saturated carbocycles. The van der Waals surface area contributed by atoms with E-state index in [0.717, 1.165) is 32.1 Å². The third-order valence-corrected chi connectivity index (χ3v) is 3.00. The molecule has 1 heterocycles. The number of ether oxygens (including phenoxy) is 1. The van der Waals surface area contributed by atoms with Gasteiger partial charge >= 0.3 is 5.97 Å². The van der Waals surface area contributed by atoms with Gasteiger partial charge in [0, 0.05) is 13.1 Å². The normalized spacial score (nSPS) is 24.1. The number of nitrogens with one attached hydrogen (secondary N) is 1. The average Bonchev–Trinajstić information content (AvgIpc) is 2.65. The molecule has 4 heteroatoms. The Morgan fingerprint density at radius 2 is 2.40 bits per heavy atom. The lowest BCUT2D eigenvalue weighted by atomic mass is 10.1. The molecule has 88 valence electrons. The lowest BCUT2D eigenvalue weighted by Crippen LogP contribution is -2.31. The van der Waals surface area contributed by atoms with Crippen molar-refractivity contribution in [3.63, 3.8) is 0 Å². The van der Waals surface area contributed by atoms with Gasteiger partial charge < -0.3 is 15.0 Å². The highest BCUT2D eigenvalue weighted by molar-refractivity contribution is 5.72. The molecule has 0 aromatic rings. The van der Waals surface area contributed by atoms with Gasteiger partial charge in [-0.3, -0.25) is 4.79 Å². The predicted octanol–water partition coefficient (Wildman–Crippen LogP) is 0.337. The number of rotatable bonds is 5. The molecule has 1 fully saturated rings. The van der Waals surface area contributed by atoms with E-state index in [1.807, 2.05) is 14.0 Å². The lowest BCUT2D eigenvalue weighted by Gasteiger charge is -2.19. The van der Waals surface area contributed by atoms with Gasteiger partial charge in [0.2, 0.25) is 0 Å². The molecule has 1 N–H and O–H groups in total. The second kappa shape index (κ2) is 6.08. The smallest absolute Gasteiger partial charge is 0.309 e. The first-order valence-corrected chi connectivity index (χ1v) is 5.62. The zero-order valence-electron chi connectivity index (χ0n) is 9.95. The van der Waals surface area contributed by atoms with Crippen molar-refractivity contribution in [2.24, 2.45) is 11.8 Å². The van der Waals surface area contributed by atoms with Crippen molar-refractivity contribution in [1.29, 1.82) is 0 Å². The van der Waals surface area contributed by atoms with E-state index in [1.165, 1.54) is 13.5 Å². The molecular weight excluding hydrogens is 192 g/mol. The molecule has 1 aliphatic rings. The van der Waals surface area contributed by atoms with Crippen LogP contribution in [0, 0.1) is 11.8 Å². The molecule has 15 heavy (non-hydrogen) atoms. The molecule has 0 radical (unpaired) electrons. The number of nitrogens with zero attached hydrogens (tertiary/aromatic N) is 1. The summed E-state index contributed by atoms with van der Waals surface area (Å²) in [4.78, 5) is 13.6. The van der Waals surface area contributed by atoms with E-state index >= 15 is 0 Å². The Balaban J connectivity index is 2.26. The highest BCUT2D eigenvalue weighted by Gasteiger charge is 2.25. The molecule has 1 rings (SSSR count). The van der Waals surface area contributed by atoms with Crippen LogP contribution < -0.4 is 5.32 Å². The Morgan fingerprint density at radius 3 is 3.00 bits per heavy atom. The minimum absolute atomic E-state index is 0.0108. The van der Waals surface area contributed by atoms with Crippen LogP contribution in [0.15, 0.2) is 0 Å². The first kappa shape index (κ1) is 12.5. The van der Waals surface area contributed by atoms with Gasteiger partial charge in [-0.15, -0.1) is 0 Å². The van der Waals surface area contributed by atoms with Crippen LogP contribution in [0.3, 0.4) is 0 Å². The monoisotopic (exact) mass is 214 g/mol. The van der Waals surface area contributed by atoms with Crippen LogP contribution in [-0.2, 0) is 9.53 Å². The molecule has 0 amide bonds. The van der Waals surface area contributed by atoms with Gasteiger partial charge in [-0.1, -0.05) is 6.92 Å². The van der Waals surface area contributed by atoms with Crippen molar-refractivity contribution in [2.45, 2.75) is 13.3 Å². The van der Waals surface area contributed by atoms with E-state index in [2.05, 4.69) is 10.2 Å². The molecule has 1 saturated heterocycles. The van der Waals surface area contributed by atoms with Crippen LogP contribution >= 0.6 is 0 Å². The Kier molecular flexibility index (Phi) is 5.05. The molecule has 2 atom stereocenters. The third-order valence-electron chi connectivity index (χ3n) is 3.00. The Morgan fingerprint density at radius 1 is 1.67 bits per heavy atom. The molecule has 0 aliphatic carbocycles. The summed E-state index contributed by atoms with van der Waals surface area (Å²) in [6.07, 6.45) is 1.23. The summed E-state index contributed by atoms with van der Waals surface area (Å²) in [5.41, 5.74) is 0. The summed E-state index contributed by atoms with van der Waals surface area (Å²) in [6.45, 7) is 6.03. The van der Waals surface area contributed by atoms with Crippen LogP contribution in [-0.4, -0.2) is 51.2 Å². The fraction of sp³-hybridized carbons (Fsp3) is 0.909. The van der Waals surface area contributed by atoms with E-state index in [1.54, 1.807) is 0 Å². The maximum absolute atomic E-state index is 11.2. The van der Waals surface area contributed by atoms with Crippen LogP contribution in [0.2, 0.25) is 0 Å². The highest BCUT2D eigenvalue weighted by atomic mass is 16.5.